The minimum Gasteiger partial charge on any atom is -0.507 e. The second-order valence-corrected chi connectivity index (χ2v) is 42.1. The molecule has 20 nitrogen and oxygen atoms in total. The number of carbonyl (C=O) groups is 4. The Hall–Kier alpha value is -10.8. The van der Waals surface area contributed by atoms with Crippen molar-refractivity contribution in [1.29, 1.82) is 0 Å². The maximum absolute atomic E-state index is 14.0. The third-order valence-corrected chi connectivity index (χ3v) is 34.8. The van der Waals surface area contributed by atoms with Gasteiger partial charge in [0.2, 0.25) is 0 Å². The van der Waals surface area contributed by atoms with E-state index < -0.39 is 86.5 Å². The molecule has 8 aromatic carbocycles. The maximum Gasteiger partial charge on any atom is 0.309 e. The van der Waals surface area contributed by atoms with E-state index in [2.05, 4.69) is 27.7 Å². The molecule has 5 unspecified atom stereocenters. The van der Waals surface area contributed by atoms with Crippen LogP contribution in [0, 0.1) is 88.8 Å². The minimum atomic E-state index is -1.21. The van der Waals surface area contributed by atoms with Crippen LogP contribution >= 0.6 is 0 Å². The van der Waals surface area contributed by atoms with E-state index in [1.807, 2.05) is 0 Å². The van der Waals surface area contributed by atoms with Crippen LogP contribution in [0.15, 0.2) is 146 Å². The highest BCUT2D eigenvalue weighted by atomic mass is 16.6. The van der Waals surface area contributed by atoms with E-state index in [4.69, 9.17) is 37.9 Å². The summed E-state index contributed by atoms with van der Waals surface area (Å²) in [5.74, 6) is 0.136. The molecular weight excluding hydrogens is 1670 g/mol. The monoisotopic (exact) mass is 1790 g/mol. The predicted molar refractivity (Wildman–Crippen MR) is 496 cm³/mol. The van der Waals surface area contributed by atoms with Gasteiger partial charge in [0.05, 0.1) is 52.1 Å². The van der Waals surface area contributed by atoms with Gasteiger partial charge in [-0.25, -0.2) is 0 Å². The van der Waals surface area contributed by atoms with Crippen LogP contribution in [0.4, 0.5) is 0 Å². The van der Waals surface area contributed by atoms with Gasteiger partial charge in [-0.05, 0) is 325 Å². The Labute approximate surface area is 774 Å². The van der Waals surface area contributed by atoms with Gasteiger partial charge in [0, 0.05) is 92.4 Å². The van der Waals surface area contributed by atoms with Gasteiger partial charge in [0.25, 0.3) is 0 Å². The summed E-state index contributed by atoms with van der Waals surface area (Å²) in [5.41, 5.74) is 1.45. The molecule has 0 amide bonds. The van der Waals surface area contributed by atoms with E-state index in [1.165, 1.54) is 69.2 Å². The van der Waals surface area contributed by atoms with Crippen molar-refractivity contribution in [3.05, 3.63) is 212 Å². The van der Waals surface area contributed by atoms with Gasteiger partial charge in [-0.2, -0.15) is 0 Å². The first-order chi connectivity index (χ1) is 63.9. The van der Waals surface area contributed by atoms with Crippen molar-refractivity contribution < 1.29 is 97.9 Å². The molecule has 0 radical (unpaired) electrons. The first-order valence-corrected chi connectivity index (χ1v) is 49.9. The van der Waals surface area contributed by atoms with Crippen molar-refractivity contribution in [2.24, 2.45) is 88.8 Å². The Morgan fingerprint density at radius 1 is 0.288 bits per heavy atom. The molecule has 132 heavy (non-hydrogen) atoms. The van der Waals surface area contributed by atoms with Gasteiger partial charge in [-0.1, -0.05) is 95.5 Å². The number of carbonyl (C=O) groups excluding carboxylic acids is 4. The Morgan fingerprint density at radius 3 is 0.727 bits per heavy atom. The molecule has 20 heteroatoms. The van der Waals surface area contributed by atoms with Crippen molar-refractivity contribution in [3.8, 4) is 69.0 Å². The maximum atomic E-state index is 14.0. The van der Waals surface area contributed by atoms with E-state index in [9.17, 15) is 60.0 Å². The fourth-order valence-electron chi connectivity index (χ4n) is 29.4. The van der Waals surface area contributed by atoms with E-state index in [-0.39, 0.29) is 127 Å². The number of phenolic OH excluding ortho intramolecular Hbond substituents is 8. The van der Waals surface area contributed by atoms with Gasteiger partial charge in [-0.3, -0.25) is 19.2 Å². The largest absolute Gasteiger partial charge is 0.507 e. The number of esters is 4. The third-order valence-electron chi connectivity index (χ3n) is 34.8. The SMILES string of the molecule is CCC(OC(=O)CCOc1ccc(C2c3cc(c(O)cc3O)C(c3ccc(OCCC(=O)OC4(CC)C5CC6CC(C5)CC4C6)cc3)c3cc(c(O)cc3O)C(c3ccc(OCCC(=O)OC4(CC)C5CC6CC(C5)CC4C6)cc3)c3cc(c(O)cc3O)C(c3ccc(OCCC(=O)OC4(CC)C5CC6CC(C5)CC4C6)cc3)c3cc2c(O)cc3O)cc1)C1CC2CCCC(C2)C1. The zero-order valence-electron chi connectivity index (χ0n) is 76.7. The Balaban J connectivity index is 0.668. The van der Waals surface area contributed by atoms with Crippen molar-refractivity contribution in [2.45, 2.75) is 260 Å². The highest BCUT2D eigenvalue weighted by Crippen LogP contribution is 2.65. The smallest absolute Gasteiger partial charge is 0.309 e. The predicted octanol–water partition coefficient (Wildman–Crippen LogP) is 22.4. The van der Waals surface area contributed by atoms with Crippen LogP contribution in [0.25, 0.3) is 0 Å². The number of rotatable bonds is 29. The zero-order chi connectivity index (χ0) is 91.2. The van der Waals surface area contributed by atoms with Crippen molar-refractivity contribution in [1.82, 2.24) is 0 Å². The molecule has 0 spiro atoms. The van der Waals surface area contributed by atoms with Crippen LogP contribution in [0.1, 0.15) is 304 Å². The number of aromatic hydroxyl groups is 8. The van der Waals surface area contributed by atoms with Gasteiger partial charge < -0.3 is 78.7 Å². The summed E-state index contributed by atoms with van der Waals surface area (Å²) in [4.78, 5) is 55.8. The molecule has 23 rings (SSSR count). The van der Waals surface area contributed by atoms with Gasteiger partial charge in [-0.15, -0.1) is 0 Å². The fraction of sp³-hybridized carbons (Fsp3) is 0.536. The molecule has 698 valence electrons. The van der Waals surface area contributed by atoms with Crippen LogP contribution in [-0.2, 0) is 38.1 Å². The molecule has 0 heterocycles. The summed E-state index contributed by atoms with van der Waals surface area (Å²) in [6, 6.07) is 39.2. The molecule has 14 fully saturated rings. The summed E-state index contributed by atoms with van der Waals surface area (Å²) in [7, 11) is 0. The number of ether oxygens (including phenoxy) is 8. The quantitative estimate of drug-likeness (QED) is 0.0160. The van der Waals surface area contributed by atoms with Crippen molar-refractivity contribution in [3.63, 3.8) is 0 Å². The first-order valence-electron chi connectivity index (χ1n) is 49.9. The lowest BCUT2D eigenvalue weighted by Gasteiger charge is -2.60. The lowest BCUT2D eigenvalue weighted by molar-refractivity contribution is -0.211. The van der Waals surface area contributed by atoms with Gasteiger partial charge >= 0.3 is 23.9 Å². The molecule has 0 saturated heterocycles. The molecular formula is C112H130O20. The fourth-order valence-corrected chi connectivity index (χ4v) is 29.4. The van der Waals surface area contributed by atoms with Gasteiger partial charge in [0.1, 0.15) is 91.9 Å². The summed E-state index contributed by atoms with van der Waals surface area (Å²) < 4.78 is 51.4. The average Bonchev–Trinajstić information content (AvgIpc) is 0.735. The molecule has 8 aromatic rings. The number of hydrogen-bond acceptors (Lipinski definition) is 20. The molecule has 0 aliphatic heterocycles. The second kappa shape index (κ2) is 36.6. The third kappa shape index (κ3) is 17.0. The molecule has 14 saturated carbocycles. The number of benzene rings is 8. The number of hydrogen-bond donors (Lipinski definition) is 8. The number of phenols is 8. The molecule has 15 aliphatic rings. The molecule has 0 aromatic heterocycles. The summed E-state index contributed by atoms with van der Waals surface area (Å²) in [5, 5.41) is 103. The highest BCUT2D eigenvalue weighted by Gasteiger charge is 2.62. The Kier molecular flexibility index (Phi) is 24.7. The van der Waals surface area contributed by atoms with Crippen LogP contribution in [0.3, 0.4) is 0 Å². The van der Waals surface area contributed by atoms with Crippen molar-refractivity contribution in [2.75, 3.05) is 26.4 Å². The average molecular weight is 1800 g/mol. The minimum absolute atomic E-state index is 0.00133. The van der Waals surface area contributed by atoms with Crippen LogP contribution in [-0.4, -0.2) is 114 Å². The standard InChI is InChI=1S/C112H130O20/c1-5-101(74-40-62-10-9-11-63(36-62)41-74)129-102(121)28-32-125-81-20-12-70(13-21-81)106-85-54-87(95(115)58-93(85)113)107(71-14-22-82(23-15-71)126-33-29-103(122)130-110(6-2)75-42-64-37-65(44-75)45-76(110)43-64)89-56-91(99(119)60-97(89)117)109(73-18-26-84(27-19-73)128-35-31-105(124)132-112(8-4)79-50-68-39-69(52-79)53-80(112)51-68)92-57-90(98(118)61-100(92)120)108(88-55-86(106)94(114)59-96(88)116)72-16-24-83(25-17-72)127-34-30-104(123)131-111(7-3)77-46-66-38-67(48-77)49-78(111)47-66/h12-27,54-69,74-80,101,106-109,113-120H,5-11,28-53H2,1-4H3. The number of fused-ring (bicyclic) bond motifs is 10. The van der Waals surface area contributed by atoms with Gasteiger partial charge in [0.15, 0.2) is 0 Å². The van der Waals surface area contributed by atoms with E-state index in [1.54, 1.807) is 121 Å². The van der Waals surface area contributed by atoms with E-state index in [0.29, 0.717) is 134 Å². The first kappa shape index (κ1) is 89.1. The van der Waals surface area contributed by atoms with E-state index in [0.717, 1.165) is 116 Å². The molecule has 8 N–H and O–H groups in total. The Bertz CT molecular complexity index is 5030. The molecule has 5 atom stereocenters. The molecule has 15 aliphatic carbocycles. The van der Waals surface area contributed by atoms with Crippen LogP contribution in [0.5, 0.6) is 69.0 Å². The summed E-state index contributed by atoms with van der Waals surface area (Å²) >= 11 is 0. The topological polar surface area (TPSA) is 304 Å². The van der Waals surface area contributed by atoms with Crippen LogP contribution in [0.2, 0.25) is 0 Å². The zero-order valence-corrected chi connectivity index (χ0v) is 76.7. The summed E-state index contributed by atoms with van der Waals surface area (Å²) in [6.45, 7) is 8.55. The van der Waals surface area contributed by atoms with Crippen LogP contribution < -0.4 is 18.9 Å². The van der Waals surface area contributed by atoms with Crippen molar-refractivity contribution >= 4 is 23.9 Å². The Morgan fingerprint density at radius 2 is 0.508 bits per heavy atom. The molecule has 22 bridgehead atoms. The summed E-state index contributed by atoms with van der Waals surface area (Å²) in [6.07, 6.45) is 26.9. The highest BCUT2D eigenvalue weighted by molar-refractivity contribution is 5.73. The second-order valence-electron chi connectivity index (χ2n) is 42.1. The van der Waals surface area contributed by atoms with E-state index >= 15 is 0 Å². The lowest BCUT2D eigenvalue weighted by atomic mass is 9.49. The lowest BCUT2D eigenvalue weighted by Crippen LogP contribution is -2.59. The normalized spacial score (nSPS) is 31.3.